The van der Waals surface area contributed by atoms with Crippen LogP contribution in [0.2, 0.25) is 0 Å². The van der Waals surface area contributed by atoms with Crippen molar-refractivity contribution in [2.24, 2.45) is 0 Å². The molecule has 0 saturated carbocycles. The van der Waals surface area contributed by atoms with Crippen molar-refractivity contribution in [1.29, 1.82) is 0 Å². The summed E-state index contributed by atoms with van der Waals surface area (Å²) in [6.45, 7) is 4.01. The molecule has 0 aromatic carbocycles. The molecule has 0 aliphatic carbocycles. The Bertz CT molecular complexity index is 878. The third-order valence-corrected chi connectivity index (χ3v) is 7.57. The molecule has 6 N–H and O–H groups in total. The maximum Gasteiger partial charge on any atom is 0.186 e. The summed E-state index contributed by atoms with van der Waals surface area (Å²) in [7, 11) is 0. The van der Waals surface area contributed by atoms with Gasteiger partial charge < -0.3 is 54.4 Å². The Balaban J connectivity index is 1.81. The minimum Gasteiger partial charge on any atom is -0.388 e. The highest BCUT2D eigenvalue weighted by Crippen LogP contribution is 2.23. The van der Waals surface area contributed by atoms with E-state index >= 15 is 0 Å². The zero-order chi connectivity index (χ0) is 33.0. The molecule has 0 radical (unpaired) electrons. The Kier molecular flexibility index (Phi) is 16.6. The molecule has 2 heterocycles. The van der Waals surface area contributed by atoms with E-state index in [0.717, 1.165) is 0 Å². The molecule has 0 aromatic heterocycles. The monoisotopic (exact) mass is 635 g/mol. The topological polar surface area (TPSA) is 230 Å². The van der Waals surface area contributed by atoms with Gasteiger partial charge in [-0.05, 0) is 40.0 Å². The number of ether oxygens (including phenoxy) is 4. The predicted molar refractivity (Wildman–Crippen MR) is 151 cm³/mol. The molecule has 15 heteroatoms. The number of aliphatic hydroxyl groups is 6. The van der Waals surface area contributed by atoms with Gasteiger partial charge in [0.25, 0.3) is 0 Å². The van der Waals surface area contributed by atoms with Crippen molar-refractivity contribution in [3.8, 4) is 0 Å². The molecule has 2 aliphatic heterocycles. The second-order valence-electron chi connectivity index (χ2n) is 11.6. The first-order chi connectivity index (χ1) is 20.7. The zero-order valence-corrected chi connectivity index (χ0v) is 25.7. The lowest BCUT2D eigenvalue weighted by atomic mass is 10.00. The summed E-state index contributed by atoms with van der Waals surface area (Å²) in [6.07, 6.45) is -10.8. The number of rotatable bonds is 20. The highest BCUT2D eigenvalue weighted by atomic mass is 16.7. The first kappa shape index (κ1) is 38.4. The number of Topliss-reactive ketones (excluding diaryl/α,β-unsaturated/α-hetero) is 4. The molecule has 2 saturated heterocycles. The van der Waals surface area contributed by atoms with Crippen LogP contribution in [0.25, 0.3) is 0 Å². The number of aliphatic hydroxyl groups excluding tert-OH is 6. The fraction of sp³-hybridized carbons (Fsp3) is 0.862. The first-order valence-corrected chi connectivity index (χ1v) is 15.1. The van der Waals surface area contributed by atoms with Gasteiger partial charge in [0.1, 0.15) is 59.8 Å². The molecule has 0 spiro atoms. The highest BCUT2D eigenvalue weighted by Gasteiger charge is 2.43. The Morgan fingerprint density at radius 2 is 0.932 bits per heavy atom. The lowest BCUT2D eigenvalue weighted by molar-refractivity contribution is -0.293. The van der Waals surface area contributed by atoms with Gasteiger partial charge in [0.05, 0.1) is 45.1 Å². The largest absolute Gasteiger partial charge is 0.388 e. The van der Waals surface area contributed by atoms with Crippen LogP contribution >= 0.6 is 0 Å². The Morgan fingerprint density at radius 3 is 1.30 bits per heavy atom. The van der Waals surface area contributed by atoms with Crippen molar-refractivity contribution in [2.45, 2.75) is 127 Å². The van der Waals surface area contributed by atoms with Crippen molar-refractivity contribution in [3.63, 3.8) is 0 Å². The standard InChI is InChI=1S/C29H49NO14/c1-16(31)7-4-8-19(32)13-30(14-20(33)9-5-11-41-28-26(39)24(37)22(35)17(2)43-28)15-21(34)10-6-12-42-29-27(40)25(38)23(36)18(3)44-29/h17-18,22-29,35-40H,4-15H2,1-3H3/t17-,18-,22+,23+,24+,25+,26-,27-,28+,29+/m0/s1. The number of hydrogen-bond donors (Lipinski definition) is 6. The van der Waals surface area contributed by atoms with Crippen molar-refractivity contribution in [3.05, 3.63) is 0 Å². The van der Waals surface area contributed by atoms with Gasteiger partial charge in [-0.15, -0.1) is 0 Å². The van der Waals surface area contributed by atoms with E-state index in [-0.39, 0.29) is 94.5 Å². The average Bonchev–Trinajstić information content (AvgIpc) is 2.95. The van der Waals surface area contributed by atoms with Crippen LogP contribution in [0, 0.1) is 0 Å². The summed E-state index contributed by atoms with van der Waals surface area (Å²) in [4.78, 5) is 50.6. The molecule has 15 nitrogen and oxygen atoms in total. The lowest BCUT2D eigenvalue weighted by Crippen LogP contribution is -2.57. The van der Waals surface area contributed by atoms with Crippen molar-refractivity contribution >= 4 is 23.1 Å². The van der Waals surface area contributed by atoms with Gasteiger partial charge in [0, 0.05) is 25.7 Å². The third-order valence-electron chi connectivity index (χ3n) is 7.57. The molecule has 0 amide bonds. The summed E-state index contributed by atoms with van der Waals surface area (Å²) in [5.74, 6) is -0.765. The van der Waals surface area contributed by atoms with E-state index in [4.69, 9.17) is 18.9 Å². The molecule has 10 atom stereocenters. The fourth-order valence-corrected chi connectivity index (χ4v) is 4.93. The minimum absolute atomic E-state index is 0.0140. The summed E-state index contributed by atoms with van der Waals surface area (Å²) in [5.41, 5.74) is 0. The number of nitrogens with zero attached hydrogens (tertiary/aromatic N) is 1. The summed E-state index contributed by atoms with van der Waals surface area (Å²) in [5, 5.41) is 59.4. The summed E-state index contributed by atoms with van der Waals surface area (Å²) >= 11 is 0. The maximum absolute atomic E-state index is 12.7. The van der Waals surface area contributed by atoms with Crippen LogP contribution < -0.4 is 0 Å². The third kappa shape index (κ3) is 12.6. The van der Waals surface area contributed by atoms with E-state index in [1.807, 2.05) is 0 Å². The van der Waals surface area contributed by atoms with E-state index in [2.05, 4.69) is 0 Å². The Hall–Kier alpha value is -1.76. The minimum atomic E-state index is -1.46. The smallest absolute Gasteiger partial charge is 0.186 e. The van der Waals surface area contributed by atoms with Gasteiger partial charge in [0.2, 0.25) is 0 Å². The van der Waals surface area contributed by atoms with Gasteiger partial charge in [-0.1, -0.05) is 0 Å². The van der Waals surface area contributed by atoms with Gasteiger partial charge in [-0.25, -0.2) is 0 Å². The molecule has 254 valence electrons. The SMILES string of the molecule is CC(=O)CCCC(=O)CN(CC(=O)CCCO[C@@H]1O[C@@H](C)[C@@H](O)[C@@H](O)[C@@H]1O)CC(=O)CCCO[C@@H]1O[C@@H](C)[C@@H](O)[C@@H](O)[C@@H]1O. The summed E-state index contributed by atoms with van der Waals surface area (Å²) in [6, 6.07) is 0. The van der Waals surface area contributed by atoms with Gasteiger partial charge in [-0.2, -0.15) is 0 Å². The van der Waals surface area contributed by atoms with Gasteiger partial charge in [0.15, 0.2) is 12.6 Å². The predicted octanol–water partition coefficient (Wildman–Crippen LogP) is -2.00. The van der Waals surface area contributed by atoms with E-state index in [1.165, 1.54) is 25.7 Å². The van der Waals surface area contributed by atoms with Gasteiger partial charge in [-0.3, -0.25) is 19.3 Å². The average molecular weight is 636 g/mol. The van der Waals surface area contributed by atoms with Crippen molar-refractivity contribution < 1.29 is 68.8 Å². The van der Waals surface area contributed by atoms with E-state index < -0.39 is 61.4 Å². The number of carbonyl (C=O) groups excluding carboxylic acids is 4. The van der Waals surface area contributed by atoms with Crippen LogP contribution in [0.4, 0.5) is 0 Å². The molecule has 0 unspecified atom stereocenters. The van der Waals surface area contributed by atoms with Crippen molar-refractivity contribution in [2.75, 3.05) is 32.8 Å². The quantitative estimate of drug-likeness (QED) is 0.0795. The number of ketones is 4. The molecule has 0 aromatic rings. The Labute approximate surface area is 257 Å². The number of carbonyl (C=O) groups is 4. The van der Waals surface area contributed by atoms with E-state index in [9.17, 15) is 49.8 Å². The molecule has 2 rings (SSSR count). The normalized spacial score (nSPS) is 32.5. The molecular weight excluding hydrogens is 586 g/mol. The second-order valence-corrected chi connectivity index (χ2v) is 11.6. The van der Waals surface area contributed by atoms with Gasteiger partial charge >= 0.3 is 0 Å². The Morgan fingerprint density at radius 1 is 0.568 bits per heavy atom. The zero-order valence-electron chi connectivity index (χ0n) is 25.7. The lowest BCUT2D eigenvalue weighted by Gasteiger charge is -2.38. The molecule has 0 bridgehead atoms. The maximum atomic E-state index is 12.7. The van der Waals surface area contributed by atoms with Crippen LogP contribution in [-0.4, -0.2) is 153 Å². The first-order valence-electron chi connectivity index (χ1n) is 15.1. The van der Waals surface area contributed by atoms with Crippen LogP contribution in [0.3, 0.4) is 0 Å². The summed E-state index contributed by atoms with van der Waals surface area (Å²) < 4.78 is 21.6. The molecule has 2 aliphatic rings. The molecule has 2 fully saturated rings. The number of hydrogen-bond acceptors (Lipinski definition) is 15. The van der Waals surface area contributed by atoms with Crippen LogP contribution in [-0.2, 0) is 38.1 Å². The fourth-order valence-electron chi connectivity index (χ4n) is 4.93. The van der Waals surface area contributed by atoms with E-state index in [1.54, 1.807) is 0 Å². The second kappa shape index (κ2) is 19.0. The molecule has 44 heavy (non-hydrogen) atoms. The van der Waals surface area contributed by atoms with Crippen LogP contribution in [0.1, 0.15) is 65.7 Å². The van der Waals surface area contributed by atoms with Crippen LogP contribution in [0.15, 0.2) is 0 Å². The van der Waals surface area contributed by atoms with Crippen LogP contribution in [0.5, 0.6) is 0 Å². The van der Waals surface area contributed by atoms with E-state index in [0.29, 0.717) is 6.42 Å². The molecular formula is C29H49NO14. The highest BCUT2D eigenvalue weighted by molar-refractivity contribution is 5.86. The van der Waals surface area contributed by atoms with Crippen molar-refractivity contribution in [1.82, 2.24) is 4.90 Å².